The van der Waals surface area contributed by atoms with Gasteiger partial charge in [0.25, 0.3) is 5.91 Å². The number of carbonyl (C=O) groups excluding carboxylic acids is 1. The summed E-state index contributed by atoms with van der Waals surface area (Å²) in [4.78, 5) is 12.2. The monoisotopic (exact) mass is 333 g/mol. The third-order valence-corrected chi connectivity index (χ3v) is 4.34. The van der Waals surface area contributed by atoms with Gasteiger partial charge in [0, 0.05) is 10.2 Å². The molecule has 0 aromatic heterocycles. The molecule has 0 heterocycles. The highest BCUT2D eigenvalue weighted by Crippen LogP contribution is 2.26. The average Bonchev–Trinajstić information content (AvgIpc) is 2.38. The van der Waals surface area contributed by atoms with Crippen LogP contribution in [0.2, 0.25) is 0 Å². The molecule has 2 aromatic carbocycles. The highest BCUT2D eigenvalue weighted by atomic mass is 79.9. The number of nitrogens with one attached hydrogen (secondary N) is 1. The van der Waals surface area contributed by atoms with Crippen molar-refractivity contribution >= 4 is 27.5 Å². The summed E-state index contributed by atoms with van der Waals surface area (Å²) in [6.45, 7) is 5.82. The quantitative estimate of drug-likeness (QED) is 0.859. The summed E-state index contributed by atoms with van der Waals surface area (Å²) in [7, 11) is 0. The van der Waals surface area contributed by atoms with Gasteiger partial charge >= 0.3 is 0 Å². The molecule has 0 radical (unpaired) electrons. The van der Waals surface area contributed by atoms with Gasteiger partial charge in [-0.3, -0.25) is 4.79 Å². The first kappa shape index (κ1) is 14.6. The van der Waals surface area contributed by atoms with Gasteiger partial charge in [0.1, 0.15) is 5.75 Å². The van der Waals surface area contributed by atoms with Crippen LogP contribution in [-0.4, -0.2) is 11.0 Å². The number of anilines is 1. The van der Waals surface area contributed by atoms with Crippen LogP contribution in [0, 0.1) is 20.8 Å². The Labute approximate surface area is 126 Å². The Kier molecular flexibility index (Phi) is 4.14. The summed E-state index contributed by atoms with van der Waals surface area (Å²) in [6, 6.07) is 8.75. The first-order valence-electron chi connectivity index (χ1n) is 6.26. The minimum absolute atomic E-state index is 0.0151. The number of amides is 1. The largest absolute Gasteiger partial charge is 0.507 e. The van der Waals surface area contributed by atoms with E-state index < -0.39 is 0 Å². The highest BCUT2D eigenvalue weighted by molar-refractivity contribution is 9.10. The number of phenols is 1. The topological polar surface area (TPSA) is 49.3 Å². The highest BCUT2D eigenvalue weighted by Gasteiger charge is 2.12. The van der Waals surface area contributed by atoms with Crippen molar-refractivity contribution in [2.45, 2.75) is 20.8 Å². The zero-order valence-corrected chi connectivity index (χ0v) is 13.2. The van der Waals surface area contributed by atoms with Gasteiger partial charge in [0.2, 0.25) is 0 Å². The second kappa shape index (κ2) is 5.67. The predicted octanol–water partition coefficient (Wildman–Crippen LogP) is 4.33. The van der Waals surface area contributed by atoms with Gasteiger partial charge in [-0.15, -0.1) is 0 Å². The van der Waals surface area contributed by atoms with Crippen molar-refractivity contribution in [3.63, 3.8) is 0 Å². The second-order valence-electron chi connectivity index (χ2n) is 4.90. The van der Waals surface area contributed by atoms with Crippen LogP contribution < -0.4 is 5.32 Å². The third kappa shape index (κ3) is 3.02. The van der Waals surface area contributed by atoms with Gasteiger partial charge in [0.05, 0.1) is 5.56 Å². The van der Waals surface area contributed by atoms with Crippen LogP contribution in [0.15, 0.2) is 34.8 Å². The van der Waals surface area contributed by atoms with Crippen molar-refractivity contribution in [2.75, 3.05) is 5.32 Å². The van der Waals surface area contributed by atoms with Crippen molar-refractivity contribution in [2.24, 2.45) is 0 Å². The lowest BCUT2D eigenvalue weighted by molar-refractivity contribution is 0.102. The normalized spacial score (nSPS) is 10.4. The maximum absolute atomic E-state index is 12.2. The second-order valence-corrected chi connectivity index (χ2v) is 5.69. The number of aromatic hydroxyl groups is 1. The number of carbonyl (C=O) groups is 1. The molecule has 0 atom stereocenters. The molecule has 0 saturated heterocycles. The molecule has 0 fully saturated rings. The van der Waals surface area contributed by atoms with Crippen LogP contribution in [0.4, 0.5) is 5.69 Å². The van der Waals surface area contributed by atoms with Crippen molar-refractivity contribution in [3.05, 3.63) is 57.1 Å². The molecule has 0 saturated carbocycles. The number of hydrogen-bond acceptors (Lipinski definition) is 2. The lowest BCUT2D eigenvalue weighted by Gasteiger charge is -2.11. The predicted molar refractivity (Wildman–Crippen MR) is 84.4 cm³/mol. The van der Waals surface area contributed by atoms with Crippen LogP contribution in [0.5, 0.6) is 5.75 Å². The average molecular weight is 334 g/mol. The van der Waals surface area contributed by atoms with Crippen LogP contribution in [-0.2, 0) is 0 Å². The van der Waals surface area contributed by atoms with Gasteiger partial charge in [-0.25, -0.2) is 0 Å². The molecule has 104 valence electrons. The summed E-state index contributed by atoms with van der Waals surface area (Å²) in [5.41, 5.74) is 4.02. The number of benzene rings is 2. The Morgan fingerprint density at radius 1 is 1.10 bits per heavy atom. The maximum Gasteiger partial charge on any atom is 0.259 e. The molecule has 2 rings (SSSR count). The number of phenolic OH excluding ortho intramolecular Hbond substituents is 1. The van der Waals surface area contributed by atoms with Crippen molar-refractivity contribution in [3.8, 4) is 5.75 Å². The summed E-state index contributed by atoms with van der Waals surface area (Å²) in [5, 5.41) is 12.6. The minimum atomic E-state index is -0.313. The van der Waals surface area contributed by atoms with E-state index in [1.54, 1.807) is 12.1 Å². The lowest BCUT2D eigenvalue weighted by atomic mass is 10.1. The molecule has 20 heavy (non-hydrogen) atoms. The number of halogens is 1. The molecular formula is C16H16BrNO2. The van der Waals surface area contributed by atoms with Gasteiger partial charge in [-0.05, 0) is 56.2 Å². The zero-order chi connectivity index (χ0) is 14.9. The van der Waals surface area contributed by atoms with Crippen molar-refractivity contribution in [1.82, 2.24) is 0 Å². The fourth-order valence-corrected chi connectivity index (χ4v) is 2.28. The van der Waals surface area contributed by atoms with E-state index in [0.29, 0.717) is 5.69 Å². The summed E-state index contributed by atoms with van der Waals surface area (Å²) < 4.78 is 1.04. The zero-order valence-electron chi connectivity index (χ0n) is 11.6. The summed E-state index contributed by atoms with van der Waals surface area (Å²) in [6.07, 6.45) is 0. The van der Waals surface area contributed by atoms with E-state index >= 15 is 0 Å². The Morgan fingerprint density at radius 2 is 1.70 bits per heavy atom. The molecule has 2 aromatic rings. The third-order valence-electron chi connectivity index (χ3n) is 3.09. The van der Waals surface area contributed by atoms with Crippen molar-refractivity contribution in [1.29, 1.82) is 0 Å². The molecule has 0 unspecified atom stereocenters. The molecule has 0 aliphatic rings. The molecule has 0 bridgehead atoms. The standard InChI is InChI=1S/C16H16BrNO2/c1-9-4-5-14(19)13(6-9)16(20)18-12-7-10(2)15(17)11(3)8-12/h4-8,19H,1-3H3,(H,18,20). The molecule has 0 spiro atoms. The summed E-state index contributed by atoms with van der Waals surface area (Å²) >= 11 is 3.49. The molecule has 1 amide bonds. The first-order valence-corrected chi connectivity index (χ1v) is 7.05. The summed E-state index contributed by atoms with van der Waals surface area (Å²) in [5.74, 6) is -0.328. The van der Waals surface area contributed by atoms with Gasteiger partial charge < -0.3 is 10.4 Å². The fraction of sp³-hybridized carbons (Fsp3) is 0.188. The molecule has 4 heteroatoms. The van der Waals surface area contributed by atoms with Crippen LogP contribution in [0.3, 0.4) is 0 Å². The van der Waals surface area contributed by atoms with Crippen LogP contribution in [0.25, 0.3) is 0 Å². The van der Waals surface area contributed by atoms with E-state index in [2.05, 4.69) is 21.2 Å². The molecule has 3 nitrogen and oxygen atoms in total. The Bertz CT molecular complexity index is 657. The SMILES string of the molecule is Cc1ccc(O)c(C(=O)Nc2cc(C)c(Br)c(C)c2)c1. The van der Waals surface area contributed by atoms with Gasteiger partial charge in [-0.1, -0.05) is 27.6 Å². The van der Waals surface area contributed by atoms with E-state index in [1.807, 2.05) is 32.9 Å². The number of rotatable bonds is 2. The number of hydrogen-bond donors (Lipinski definition) is 2. The van der Waals surface area contributed by atoms with Gasteiger partial charge in [-0.2, -0.15) is 0 Å². The van der Waals surface area contributed by atoms with E-state index in [0.717, 1.165) is 21.2 Å². The lowest BCUT2D eigenvalue weighted by Crippen LogP contribution is -2.12. The first-order chi connectivity index (χ1) is 9.38. The number of aryl methyl sites for hydroxylation is 3. The smallest absolute Gasteiger partial charge is 0.259 e. The van der Waals surface area contributed by atoms with Crippen molar-refractivity contribution < 1.29 is 9.90 Å². The van der Waals surface area contributed by atoms with E-state index in [4.69, 9.17) is 0 Å². The molecule has 2 N–H and O–H groups in total. The Hall–Kier alpha value is -1.81. The van der Waals surface area contributed by atoms with E-state index in [-0.39, 0.29) is 17.2 Å². The van der Waals surface area contributed by atoms with Gasteiger partial charge in [0.15, 0.2) is 0 Å². The van der Waals surface area contributed by atoms with E-state index in [9.17, 15) is 9.90 Å². The molecule has 0 aliphatic heterocycles. The molecule has 0 aliphatic carbocycles. The van der Waals surface area contributed by atoms with Crippen LogP contribution >= 0.6 is 15.9 Å². The van der Waals surface area contributed by atoms with Crippen LogP contribution in [0.1, 0.15) is 27.0 Å². The Morgan fingerprint density at radius 3 is 2.30 bits per heavy atom. The van der Waals surface area contributed by atoms with E-state index in [1.165, 1.54) is 6.07 Å². The fourth-order valence-electron chi connectivity index (χ4n) is 2.05. The Balaban J connectivity index is 2.30. The molecular weight excluding hydrogens is 318 g/mol. The maximum atomic E-state index is 12.2. The minimum Gasteiger partial charge on any atom is -0.507 e.